The third-order valence-corrected chi connectivity index (χ3v) is 11.1. The molecule has 0 fully saturated rings. The summed E-state index contributed by atoms with van der Waals surface area (Å²) < 4.78 is 149. The van der Waals surface area contributed by atoms with Gasteiger partial charge in [-0.25, -0.2) is 3.63 Å². The number of alkyl halides is 9. The minimum Gasteiger partial charge on any atom is -0.215 e. The standard InChI is InChI=1S/C20H35F9O3S2/c1-4-7-10-12-15-33(14-9-6-3,16-13-11-8-5-2)32-34(30,31)20(28,29)18(23,24)17(21,22)19(25,26)27/h4-16H2,1-3H3. The number of rotatable bonds is 18. The Labute approximate surface area is 197 Å². The third kappa shape index (κ3) is 8.07. The molecular formula is C20H35F9O3S2. The first kappa shape index (κ1) is 33.6. The van der Waals surface area contributed by atoms with E-state index in [0.717, 1.165) is 25.7 Å². The average Bonchev–Trinajstić information content (AvgIpc) is 2.71. The second-order valence-electron chi connectivity index (χ2n) is 8.24. The van der Waals surface area contributed by atoms with Crippen LogP contribution in [0.2, 0.25) is 0 Å². The van der Waals surface area contributed by atoms with Gasteiger partial charge in [0, 0.05) is 17.3 Å². The van der Waals surface area contributed by atoms with Crippen molar-refractivity contribution in [1.29, 1.82) is 0 Å². The smallest absolute Gasteiger partial charge is 0.215 e. The van der Waals surface area contributed by atoms with E-state index in [1.165, 1.54) is 0 Å². The van der Waals surface area contributed by atoms with Gasteiger partial charge in [-0.05, 0) is 19.3 Å². The molecule has 0 amide bonds. The normalized spacial score (nSPS) is 15.1. The summed E-state index contributed by atoms with van der Waals surface area (Å²) in [5.74, 6) is -14.8. The fourth-order valence-electron chi connectivity index (χ4n) is 3.15. The minimum atomic E-state index is -7.30. The summed E-state index contributed by atoms with van der Waals surface area (Å²) in [6, 6.07) is 0. The largest absolute Gasteiger partial charge is 0.460 e. The number of hydrogen-bond acceptors (Lipinski definition) is 3. The van der Waals surface area contributed by atoms with Crippen molar-refractivity contribution in [2.24, 2.45) is 0 Å². The van der Waals surface area contributed by atoms with E-state index in [1.807, 2.05) is 13.8 Å². The number of hydrogen-bond donors (Lipinski definition) is 0. The van der Waals surface area contributed by atoms with E-state index < -0.39 is 43.7 Å². The zero-order valence-electron chi connectivity index (χ0n) is 19.6. The summed E-state index contributed by atoms with van der Waals surface area (Å²) in [6.45, 7) is 5.47. The van der Waals surface area contributed by atoms with Crippen LogP contribution in [0, 0.1) is 0 Å². The molecule has 0 bridgehead atoms. The molecule has 0 saturated heterocycles. The van der Waals surface area contributed by atoms with E-state index >= 15 is 0 Å². The zero-order chi connectivity index (χ0) is 26.9. The fraction of sp³-hybridized carbons (Fsp3) is 1.00. The monoisotopic (exact) mass is 558 g/mol. The molecule has 34 heavy (non-hydrogen) atoms. The van der Waals surface area contributed by atoms with Crippen molar-refractivity contribution in [3.8, 4) is 0 Å². The van der Waals surface area contributed by atoms with Crippen LogP contribution >= 0.6 is 10.3 Å². The van der Waals surface area contributed by atoms with Crippen LogP contribution in [0.25, 0.3) is 0 Å². The van der Waals surface area contributed by atoms with E-state index in [0.29, 0.717) is 32.1 Å². The van der Waals surface area contributed by atoms with Gasteiger partial charge in [0.25, 0.3) is 0 Å². The highest BCUT2D eigenvalue weighted by atomic mass is 32.3. The Morgan fingerprint density at radius 2 is 0.941 bits per heavy atom. The highest BCUT2D eigenvalue weighted by molar-refractivity contribution is 8.33. The maximum absolute atomic E-state index is 14.3. The molecule has 0 aromatic carbocycles. The predicted octanol–water partition coefficient (Wildman–Crippen LogP) is 8.44. The highest BCUT2D eigenvalue weighted by Crippen LogP contribution is 2.59. The van der Waals surface area contributed by atoms with Crippen molar-refractivity contribution in [3.63, 3.8) is 0 Å². The van der Waals surface area contributed by atoms with Gasteiger partial charge in [0.05, 0.1) is 0 Å². The summed E-state index contributed by atoms with van der Waals surface area (Å²) in [4.78, 5) is 0. The van der Waals surface area contributed by atoms with Gasteiger partial charge in [-0.2, -0.15) is 47.9 Å². The van der Waals surface area contributed by atoms with Gasteiger partial charge >= 0.3 is 33.4 Å². The van der Waals surface area contributed by atoms with Crippen LogP contribution in [0.3, 0.4) is 0 Å². The molecule has 0 aromatic rings. The zero-order valence-corrected chi connectivity index (χ0v) is 21.3. The van der Waals surface area contributed by atoms with Gasteiger partial charge in [0.2, 0.25) is 0 Å². The fourth-order valence-corrected chi connectivity index (χ4v) is 9.16. The topological polar surface area (TPSA) is 43.4 Å². The van der Waals surface area contributed by atoms with Crippen LogP contribution in [0.5, 0.6) is 0 Å². The second-order valence-corrected chi connectivity index (χ2v) is 13.4. The van der Waals surface area contributed by atoms with Gasteiger partial charge in [0.1, 0.15) is 0 Å². The Bertz CT molecular complexity index is 684. The molecule has 3 nitrogen and oxygen atoms in total. The van der Waals surface area contributed by atoms with Crippen molar-refractivity contribution < 1.29 is 51.6 Å². The molecule has 0 radical (unpaired) electrons. The molecule has 0 unspecified atom stereocenters. The van der Waals surface area contributed by atoms with Crippen molar-refractivity contribution >= 4 is 20.4 Å². The van der Waals surface area contributed by atoms with E-state index in [4.69, 9.17) is 0 Å². The van der Waals surface area contributed by atoms with E-state index in [2.05, 4.69) is 3.63 Å². The van der Waals surface area contributed by atoms with Crippen LogP contribution in [0.1, 0.15) is 85.0 Å². The van der Waals surface area contributed by atoms with Crippen molar-refractivity contribution in [1.82, 2.24) is 0 Å². The molecule has 0 aliphatic carbocycles. The third-order valence-electron chi connectivity index (χ3n) is 5.27. The number of halogens is 9. The predicted molar refractivity (Wildman–Crippen MR) is 116 cm³/mol. The molecule has 0 aromatic heterocycles. The Morgan fingerprint density at radius 1 is 0.559 bits per heavy atom. The van der Waals surface area contributed by atoms with Crippen molar-refractivity contribution in [2.45, 2.75) is 108 Å². The highest BCUT2D eigenvalue weighted by Gasteiger charge is 2.86. The average molecular weight is 559 g/mol. The Hall–Kier alpha value is -0.370. The Kier molecular flexibility index (Phi) is 13.1. The van der Waals surface area contributed by atoms with Gasteiger partial charge in [-0.15, -0.1) is 10.3 Å². The summed E-state index contributed by atoms with van der Waals surface area (Å²) in [5, 5.41) is -6.81. The minimum absolute atomic E-state index is 0.0599. The molecule has 0 aliphatic rings. The van der Waals surface area contributed by atoms with Gasteiger partial charge < -0.3 is 0 Å². The maximum atomic E-state index is 14.3. The van der Waals surface area contributed by atoms with Gasteiger partial charge in [0.15, 0.2) is 0 Å². The maximum Gasteiger partial charge on any atom is 0.460 e. The molecule has 0 rings (SSSR count). The van der Waals surface area contributed by atoms with Crippen LogP contribution in [-0.2, 0) is 13.7 Å². The van der Waals surface area contributed by atoms with Crippen LogP contribution in [0.15, 0.2) is 0 Å². The van der Waals surface area contributed by atoms with Crippen LogP contribution < -0.4 is 0 Å². The first-order valence-corrected chi connectivity index (χ1v) is 14.8. The van der Waals surface area contributed by atoms with Crippen molar-refractivity contribution in [2.75, 3.05) is 17.3 Å². The van der Waals surface area contributed by atoms with E-state index in [9.17, 15) is 47.9 Å². The van der Waals surface area contributed by atoms with Crippen LogP contribution in [-0.4, -0.2) is 49.0 Å². The molecule has 0 N–H and O–H groups in total. The van der Waals surface area contributed by atoms with E-state index in [-0.39, 0.29) is 23.7 Å². The molecule has 0 saturated carbocycles. The summed E-state index contributed by atoms with van der Waals surface area (Å²) >= 11 is 0. The lowest BCUT2D eigenvalue weighted by atomic mass is 10.1. The molecule has 0 heterocycles. The lowest BCUT2D eigenvalue weighted by molar-refractivity contribution is -0.382. The first-order valence-electron chi connectivity index (χ1n) is 11.3. The molecule has 208 valence electrons. The number of unbranched alkanes of at least 4 members (excludes halogenated alkanes) is 7. The Balaban J connectivity index is 6.26. The van der Waals surface area contributed by atoms with E-state index in [1.54, 1.807) is 6.92 Å². The molecule has 14 heteroatoms. The summed E-state index contributed by atoms with van der Waals surface area (Å²) in [6.07, 6.45) is -1.59. The lowest BCUT2D eigenvalue weighted by Crippen LogP contribution is -2.63. The molecule has 0 spiro atoms. The quantitative estimate of drug-likeness (QED) is 0.125. The van der Waals surface area contributed by atoms with Gasteiger partial charge in [-0.3, -0.25) is 0 Å². The second kappa shape index (κ2) is 13.3. The summed E-state index contributed by atoms with van der Waals surface area (Å²) in [7, 11) is -9.89. The van der Waals surface area contributed by atoms with Gasteiger partial charge in [-0.1, -0.05) is 65.7 Å². The SMILES string of the molecule is CCCCCCS(CCCC)(CCCCCC)OS(=O)(=O)C(F)(F)C(F)(F)C(F)(F)C(F)(F)F. The molecular weight excluding hydrogens is 523 g/mol. The molecule has 0 aliphatic heterocycles. The van der Waals surface area contributed by atoms with Crippen LogP contribution in [0.4, 0.5) is 39.5 Å². The van der Waals surface area contributed by atoms with Crippen molar-refractivity contribution in [3.05, 3.63) is 0 Å². The molecule has 0 atom stereocenters. The first-order chi connectivity index (χ1) is 15.4. The summed E-state index contributed by atoms with van der Waals surface area (Å²) in [5.41, 5.74) is 0. The Morgan fingerprint density at radius 3 is 1.29 bits per heavy atom. The lowest BCUT2D eigenvalue weighted by Gasteiger charge is -2.41.